The predicted octanol–water partition coefficient (Wildman–Crippen LogP) is 3.43. The summed E-state index contributed by atoms with van der Waals surface area (Å²) in [4.78, 5) is 30.2. The zero-order chi connectivity index (χ0) is 20.8. The Morgan fingerprint density at radius 3 is 2.17 bits per heavy atom. The molecule has 0 unspecified atom stereocenters. The van der Waals surface area contributed by atoms with E-state index >= 15 is 0 Å². The zero-order valence-electron chi connectivity index (χ0n) is 16.9. The van der Waals surface area contributed by atoms with Gasteiger partial charge < -0.3 is 15.1 Å². The van der Waals surface area contributed by atoms with Crippen LogP contribution in [0.2, 0.25) is 5.02 Å². The van der Waals surface area contributed by atoms with Crippen LogP contribution < -0.4 is 5.32 Å². The number of hydrogen-bond donors (Lipinski definition) is 1. The second-order valence-electron chi connectivity index (χ2n) is 7.41. The number of carbonyl (C=O) groups is 2. The fourth-order valence-corrected chi connectivity index (χ4v) is 3.35. The maximum absolute atomic E-state index is 12.8. The minimum atomic E-state index is -0.196. The van der Waals surface area contributed by atoms with Crippen LogP contribution in [0.1, 0.15) is 15.9 Å². The number of anilines is 1. The lowest BCUT2D eigenvalue weighted by atomic mass is 10.1. The number of carbonyl (C=O) groups excluding carboxylic acids is 2. The molecule has 6 nitrogen and oxygen atoms in total. The molecule has 0 saturated carbocycles. The number of piperazine rings is 1. The molecular weight excluding hydrogens is 388 g/mol. The van der Waals surface area contributed by atoms with E-state index in [1.807, 2.05) is 17.0 Å². The molecule has 0 aromatic heterocycles. The summed E-state index contributed by atoms with van der Waals surface area (Å²) in [5, 5.41) is 3.53. The van der Waals surface area contributed by atoms with Crippen molar-refractivity contribution >= 4 is 29.2 Å². The van der Waals surface area contributed by atoms with E-state index in [1.54, 1.807) is 38.4 Å². The molecule has 2 aromatic carbocycles. The van der Waals surface area contributed by atoms with Gasteiger partial charge in [0.05, 0.1) is 0 Å². The number of halogens is 1. The number of rotatable bonds is 5. The molecule has 0 aliphatic carbocycles. The number of hydrogen-bond acceptors (Lipinski definition) is 3. The van der Waals surface area contributed by atoms with Crippen molar-refractivity contribution in [3.63, 3.8) is 0 Å². The van der Waals surface area contributed by atoms with Crippen molar-refractivity contribution in [2.45, 2.75) is 6.42 Å². The monoisotopic (exact) mass is 414 g/mol. The topological polar surface area (TPSA) is 55.9 Å². The van der Waals surface area contributed by atoms with Gasteiger partial charge in [-0.05, 0) is 48.4 Å². The van der Waals surface area contributed by atoms with Crippen molar-refractivity contribution in [2.24, 2.45) is 0 Å². The molecule has 2 aromatic rings. The normalized spacial score (nSPS) is 14.5. The number of urea groups is 1. The summed E-state index contributed by atoms with van der Waals surface area (Å²) in [5.41, 5.74) is 2.59. The fraction of sp³-hybridized carbons (Fsp3) is 0.364. The Labute approximate surface area is 177 Å². The standard InChI is InChI=1S/C22H27ClN4O2/c1-25(2)22(29)24-20-9-5-18(6-10-20)21(28)27-15-13-26(14-16-27)12-11-17-3-7-19(23)8-4-17/h3-10H,11-16H2,1-2H3,(H,24,29). The first-order chi connectivity index (χ1) is 13.9. The Morgan fingerprint density at radius 1 is 0.966 bits per heavy atom. The second kappa shape index (κ2) is 9.76. The molecule has 1 saturated heterocycles. The minimum absolute atomic E-state index is 0.0350. The SMILES string of the molecule is CN(C)C(=O)Nc1ccc(C(=O)N2CCN(CCc3ccc(Cl)cc3)CC2)cc1. The third-order valence-corrected chi connectivity index (χ3v) is 5.33. The highest BCUT2D eigenvalue weighted by Crippen LogP contribution is 2.15. The van der Waals surface area contributed by atoms with Gasteiger partial charge in [0.25, 0.3) is 5.91 Å². The van der Waals surface area contributed by atoms with Gasteiger partial charge in [0.1, 0.15) is 0 Å². The first kappa shape index (κ1) is 21.1. The summed E-state index contributed by atoms with van der Waals surface area (Å²) >= 11 is 5.93. The lowest BCUT2D eigenvalue weighted by Gasteiger charge is -2.34. The highest BCUT2D eigenvalue weighted by Gasteiger charge is 2.22. The van der Waals surface area contributed by atoms with E-state index in [4.69, 9.17) is 11.6 Å². The van der Waals surface area contributed by atoms with Crippen molar-refractivity contribution in [3.05, 3.63) is 64.7 Å². The number of nitrogens with one attached hydrogen (secondary N) is 1. The van der Waals surface area contributed by atoms with Crippen LogP contribution >= 0.6 is 11.6 Å². The van der Waals surface area contributed by atoms with Crippen molar-refractivity contribution in [1.29, 1.82) is 0 Å². The third kappa shape index (κ3) is 5.95. The summed E-state index contributed by atoms with van der Waals surface area (Å²) in [6.07, 6.45) is 0.977. The van der Waals surface area contributed by atoms with Crippen LogP contribution in [0.3, 0.4) is 0 Å². The maximum atomic E-state index is 12.8. The molecule has 29 heavy (non-hydrogen) atoms. The Hall–Kier alpha value is -2.57. The van der Waals surface area contributed by atoms with E-state index in [0.717, 1.165) is 44.2 Å². The summed E-state index contributed by atoms with van der Waals surface area (Å²) < 4.78 is 0. The highest BCUT2D eigenvalue weighted by atomic mass is 35.5. The minimum Gasteiger partial charge on any atom is -0.336 e. The van der Waals surface area contributed by atoms with E-state index < -0.39 is 0 Å². The molecule has 0 atom stereocenters. The summed E-state index contributed by atoms with van der Waals surface area (Å²) in [6.45, 7) is 4.16. The van der Waals surface area contributed by atoms with E-state index in [2.05, 4.69) is 22.3 Å². The molecule has 154 valence electrons. The van der Waals surface area contributed by atoms with Crippen LogP contribution in [-0.2, 0) is 6.42 Å². The van der Waals surface area contributed by atoms with E-state index in [1.165, 1.54) is 10.5 Å². The Morgan fingerprint density at radius 2 is 1.59 bits per heavy atom. The van der Waals surface area contributed by atoms with Crippen molar-refractivity contribution in [2.75, 3.05) is 52.1 Å². The molecule has 0 bridgehead atoms. The van der Waals surface area contributed by atoms with Crippen LogP contribution in [0.4, 0.5) is 10.5 Å². The zero-order valence-corrected chi connectivity index (χ0v) is 17.7. The van der Waals surface area contributed by atoms with E-state index in [-0.39, 0.29) is 11.9 Å². The maximum Gasteiger partial charge on any atom is 0.321 e. The summed E-state index contributed by atoms with van der Waals surface area (Å²) in [6, 6.07) is 14.8. The van der Waals surface area contributed by atoms with Crippen molar-refractivity contribution < 1.29 is 9.59 Å². The van der Waals surface area contributed by atoms with Gasteiger partial charge in [-0.15, -0.1) is 0 Å². The summed E-state index contributed by atoms with van der Waals surface area (Å²) in [7, 11) is 3.37. The van der Waals surface area contributed by atoms with Gasteiger partial charge in [0, 0.05) is 63.1 Å². The summed E-state index contributed by atoms with van der Waals surface area (Å²) in [5.74, 6) is 0.0350. The molecule has 1 aliphatic rings. The smallest absolute Gasteiger partial charge is 0.321 e. The van der Waals surface area contributed by atoms with Gasteiger partial charge >= 0.3 is 6.03 Å². The quantitative estimate of drug-likeness (QED) is 0.815. The largest absolute Gasteiger partial charge is 0.336 e. The molecule has 1 aliphatic heterocycles. The van der Waals surface area contributed by atoms with Crippen molar-refractivity contribution in [3.8, 4) is 0 Å². The Balaban J connectivity index is 1.46. The average Bonchev–Trinajstić information content (AvgIpc) is 2.73. The van der Waals surface area contributed by atoms with Crippen LogP contribution in [0.25, 0.3) is 0 Å². The van der Waals surface area contributed by atoms with Gasteiger partial charge in [-0.3, -0.25) is 9.69 Å². The molecular formula is C22H27ClN4O2. The van der Waals surface area contributed by atoms with Crippen LogP contribution in [0.15, 0.2) is 48.5 Å². The number of benzene rings is 2. The van der Waals surface area contributed by atoms with E-state index in [0.29, 0.717) is 11.3 Å². The third-order valence-electron chi connectivity index (χ3n) is 5.08. The van der Waals surface area contributed by atoms with Crippen molar-refractivity contribution in [1.82, 2.24) is 14.7 Å². The fourth-order valence-electron chi connectivity index (χ4n) is 3.23. The second-order valence-corrected chi connectivity index (χ2v) is 7.85. The number of nitrogens with zero attached hydrogens (tertiary/aromatic N) is 3. The van der Waals surface area contributed by atoms with Crippen LogP contribution in [-0.4, -0.2) is 73.5 Å². The Kier molecular flexibility index (Phi) is 7.12. The molecule has 0 spiro atoms. The lowest BCUT2D eigenvalue weighted by Crippen LogP contribution is -2.49. The highest BCUT2D eigenvalue weighted by molar-refractivity contribution is 6.30. The van der Waals surface area contributed by atoms with E-state index in [9.17, 15) is 9.59 Å². The molecule has 3 rings (SSSR count). The van der Waals surface area contributed by atoms with Gasteiger partial charge in [0.15, 0.2) is 0 Å². The molecule has 1 fully saturated rings. The average molecular weight is 415 g/mol. The number of amides is 3. The molecule has 3 amide bonds. The van der Waals surface area contributed by atoms with Gasteiger partial charge in [-0.1, -0.05) is 23.7 Å². The van der Waals surface area contributed by atoms with Crippen LogP contribution in [0.5, 0.6) is 0 Å². The molecule has 1 heterocycles. The molecule has 7 heteroatoms. The predicted molar refractivity (Wildman–Crippen MR) is 117 cm³/mol. The Bertz CT molecular complexity index is 829. The van der Waals surface area contributed by atoms with Gasteiger partial charge in [0.2, 0.25) is 0 Å². The van der Waals surface area contributed by atoms with Gasteiger partial charge in [-0.25, -0.2) is 4.79 Å². The first-order valence-corrected chi connectivity index (χ1v) is 10.1. The molecule has 0 radical (unpaired) electrons. The van der Waals surface area contributed by atoms with Gasteiger partial charge in [-0.2, -0.15) is 0 Å². The molecule has 1 N–H and O–H groups in total. The van der Waals surface area contributed by atoms with Crippen LogP contribution in [0, 0.1) is 0 Å². The first-order valence-electron chi connectivity index (χ1n) is 9.77. The lowest BCUT2D eigenvalue weighted by molar-refractivity contribution is 0.0638.